The largest absolute Gasteiger partial charge is 0.481 e. The molecule has 1 aliphatic carbocycles. The van der Waals surface area contributed by atoms with E-state index in [2.05, 4.69) is 10.3 Å². The average Bonchev–Trinajstić information content (AvgIpc) is 2.64. The molecule has 1 aromatic carbocycles. The fourth-order valence-corrected chi connectivity index (χ4v) is 3.45. The standard InChI is InChI=1S/C19H22N2O3S/c1-24-17-8-5-13(11-20-17)18(14-9-15(22)10-14)21-19(23)12-3-6-16(25-2)7-4-12/h3-8,11,14-15,18,22H,9-10H2,1-2H3,(H,21,23)/t14?,15?,18-/m1/s1. The third kappa shape index (κ3) is 4.14. The summed E-state index contributed by atoms with van der Waals surface area (Å²) in [6.07, 6.45) is 4.82. The van der Waals surface area contributed by atoms with E-state index < -0.39 is 0 Å². The number of aromatic nitrogens is 1. The minimum Gasteiger partial charge on any atom is -0.481 e. The third-order valence-electron chi connectivity index (χ3n) is 4.59. The maximum absolute atomic E-state index is 12.7. The molecule has 0 spiro atoms. The number of pyridine rings is 1. The second kappa shape index (κ2) is 7.89. The quantitative estimate of drug-likeness (QED) is 0.777. The normalized spacial score (nSPS) is 20.4. The van der Waals surface area contributed by atoms with E-state index in [1.165, 1.54) is 0 Å². The van der Waals surface area contributed by atoms with Gasteiger partial charge >= 0.3 is 0 Å². The first-order valence-corrected chi connectivity index (χ1v) is 9.46. The van der Waals surface area contributed by atoms with Crippen LogP contribution in [0.5, 0.6) is 5.88 Å². The highest BCUT2D eigenvalue weighted by atomic mass is 32.2. The Labute approximate surface area is 151 Å². The first-order valence-electron chi connectivity index (χ1n) is 8.23. The molecule has 1 aromatic heterocycles. The highest BCUT2D eigenvalue weighted by Crippen LogP contribution is 2.38. The molecule has 2 N–H and O–H groups in total. The zero-order valence-corrected chi connectivity index (χ0v) is 15.1. The maximum Gasteiger partial charge on any atom is 0.251 e. The number of thioether (sulfide) groups is 1. The van der Waals surface area contributed by atoms with Gasteiger partial charge in [0.1, 0.15) is 0 Å². The zero-order valence-electron chi connectivity index (χ0n) is 14.3. The Bertz CT molecular complexity index is 712. The zero-order chi connectivity index (χ0) is 17.8. The Hall–Kier alpha value is -2.05. The van der Waals surface area contributed by atoms with Gasteiger partial charge in [-0.25, -0.2) is 4.98 Å². The number of carbonyl (C=O) groups excluding carboxylic acids is 1. The van der Waals surface area contributed by atoms with Crippen LogP contribution in [-0.4, -0.2) is 35.5 Å². The molecule has 1 heterocycles. The molecule has 0 bridgehead atoms. The minimum atomic E-state index is -0.281. The number of hydrogen-bond acceptors (Lipinski definition) is 5. The number of methoxy groups -OCH3 is 1. The smallest absolute Gasteiger partial charge is 0.251 e. The summed E-state index contributed by atoms with van der Waals surface area (Å²) in [5, 5.41) is 12.8. The maximum atomic E-state index is 12.7. The Kier molecular flexibility index (Phi) is 5.60. The van der Waals surface area contributed by atoms with Gasteiger partial charge in [0.15, 0.2) is 0 Å². The van der Waals surface area contributed by atoms with Crippen molar-refractivity contribution in [1.82, 2.24) is 10.3 Å². The monoisotopic (exact) mass is 358 g/mol. The van der Waals surface area contributed by atoms with E-state index in [0.29, 0.717) is 24.3 Å². The molecule has 1 atom stereocenters. The summed E-state index contributed by atoms with van der Waals surface area (Å²) in [4.78, 5) is 18.0. The summed E-state index contributed by atoms with van der Waals surface area (Å²) in [7, 11) is 1.57. The van der Waals surface area contributed by atoms with Crippen LogP contribution in [0.2, 0.25) is 0 Å². The van der Waals surface area contributed by atoms with Crippen LogP contribution in [0, 0.1) is 5.92 Å². The van der Waals surface area contributed by atoms with Crippen molar-refractivity contribution in [3.05, 3.63) is 53.7 Å². The number of aliphatic hydroxyl groups excluding tert-OH is 1. The van der Waals surface area contributed by atoms with Crippen LogP contribution in [0.4, 0.5) is 0 Å². The number of aliphatic hydroxyl groups is 1. The number of nitrogens with one attached hydrogen (secondary N) is 1. The number of ether oxygens (including phenoxy) is 1. The molecule has 0 aliphatic heterocycles. The molecule has 3 rings (SSSR count). The summed E-state index contributed by atoms with van der Waals surface area (Å²) >= 11 is 1.64. The van der Waals surface area contributed by atoms with E-state index in [-0.39, 0.29) is 24.0 Å². The Morgan fingerprint density at radius 3 is 2.52 bits per heavy atom. The lowest BCUT2D eigenvalue weighted by Crippen LogP contribution is -2.41. The number of benzene rings is 1. The van der Waals surface area contributed by atoms with Gasteiger partial charge in [0.2, 0.25) is 5.88 Å². The first kappa shape index (κ1) is 17.8. The van der Waals surface area contributed by atoms with Gasteiger partial charge in [-0.1, -0.05) is 6.07 Å². The van der Waals surface area contributed by atoms with Crippen molar-refractivity contribution in [2.45, 2.75) is 29.9 Å². The second-order valence-electron chi connectivity index (χ2n) is 6.20. The van der Waals surface area contributed by atoms with Crippen molar-refractivity contribution in [3.63, 3.8) is 0 Å². The first-order chi connectivity index (χ1) is 12.1. The van der Waals surface area contributed by atoms with Crippen LogP contribution in [-0.2, 0) is 0 Å². The van der Waals surface area contributed by atoms with Crippen molar-refractivity contribution in [1.29, 1.82) is 0 Å². The number of rotatable bonds is 6. The lowest BCUT2D eigenvalue weighted by atomic mass is 9.75. The fraction of sp³-hybridized carbons (Fsp3) is 0.368. The number of nitrogens with zero attached hydrogens (tertiary/aromatic N) is 1. The topological polar surface area (TPSA) is 71.5 Å². The molecule has 0 unspecified atom stereocenters. The summed E-state index contributed by atoms with van der Waals surface area (Å²) in [5.41, 5.74) is 1.55. The van der Waals surface area contributed by atoms with Gasteiger partial charge in [-0.15, -0.1) is 11.8 Å². The molecule has 5 nitrogen and oxygen atoms in total. The van der Waals surface area contributed by atoms with Crippen LogP contribution in [0.25, 0.3) is 0 Å². The minimum absolute atomic E-state index is 0.116. The summed E-state index contributed by atoms with van der Waals surface area (Å²) in [6.45, 7) is 0. The Morgan fingerprint density at radius 2 is 2.00 bits per heavy atom. The molecule has 6 heteroatoms. The number of amides is 1. The molecule has 132 valence electrons. The molecule has 1 saturated carbocycles. The van der Waals surface area contributed by atoms with Gasteiger partial charge in [-0.05, 0) is 54.8 Å². The molecule has 25 heavy (non-hydrogen) atoms. The third-order valence-corrected chi connectivity index (χ3v) is 5.33. The van der Waals surface area contributed by atoms with Crippen molar-refractivity contribution < 1.29 is 14.6 Å². The van der Waals surface area contributed by atoms with E-state index in [1.54, 1.807) is 31.1 Å². The van der Waals surface area contributed by atoms with Crippen molar-refractivity contribution in [3.8, 4) is 5.88 Å². The van der Waals surface area contributed by atoms with Crippen LogP contribution in [0.1, 0.15) is 34.8 Å². The van der Waals surface area contributed by atoms with E-state index in [0.717, 1.165) is 10.5 Å². The molecule has 0 saturated heterocycles. The summed E-state index contributed by atoms with van der Waals surface area (Å²) in [6, 6.07) is 11.1. The summed E-state index contributed by atoms with van der Waals surface area (Å²) < 4.78 is 5.10. The molecule has 2 aromatic rings. The van der Waals surface area contributed by atoms with Gasteiger partial charge in [0.05, 0.1) is 19.3 Å². The summed E-state index contributed by atoms with van der Waals surface area (Å²) in [5.74, 6) is 0.629. The predicted octanol–water partition coefficient (Wildman–Crippen LogP) is 3.05. The Morgan fingerprint density at radius 1 is 1.28 bits per heavy atom. The lowest BCUT2D eigenvalue weighted by Gasteiger charge is -2.38. The molecule has 1 fully saturated rings. The van der Waals surface area contributed by atoms with Crippen molar-refractivity contribution in [2.24, 2.45) is 5.92 Å². The molecule has 0 radical (unpaired) electrons. The van der Waals surface area contributed by atoms with E-state index >= 15 is 0 Å². The predicted molar refractivity (Wildman–Crippen MR) is 98.0 cm³/mol. The number of carbonyl (C=O) groups is 1. The molecule has 1 aliphatic rings. The number of hydrogen-bond donors (Lipinski definition) is 2. The van der Waals surface area contributed by atoms with Crippen LogP contribution < -0.4 is 10.1 Å². The van der Waals surface area contributed by atoms with E-state index in [9.17, 15) is 9.90 Å². The molecule has 1 amide bonds. The average molecular weight is 358 g/mol. The highest BCUT2D eigenvalue weighted by molar-refractivity contribution is 7.98. The van der Waals surface area contributed by atoms with Gasteiger partial charge in [0, 0.05) is 22.7 Å². The van der Waals surface area contributed by atoms with Crippen molar-refractivity contribution >= 4 is 17.7 Å². The van der Waals surface area contributed by atoms with Crippen LogP contribution >= 0.6 is 11.8 Å². The second-order valence-corrected chi connectivity index (χ2v) is 7.08. The Balaban J connectivity index is 1.77. The van der Waals surface area contributed by atoms with Crippen LogP contribution in [0.3, 0.4) is 0 Å². The lowest BCUT2D eigenvalue weighted by molar-refractivity contribution is 0.0234. The van der Waals surface area contributed by atoms with Gasteiger partial charge < -0.3 is 15.2 Å². The fourth-order valence-electron chi connectivity index (χ4n) is 3.04. The molecular weight excluding hydrogens is 336 g/mol. The molecular formula is C19H22N2O3S. The SMILES string of the molecule is COc1ccc([C@@H](NC(=O)c2ccc(SC)cc2)C2CC(O)C2)cn1. The van der Waals surface area contributed by atoms with Gasteiger partial charge in [-0.3, -0.25) is 4.79 Å². The van der Waals surface area contributed by atoms with Crippen molar-refractivity contribution in [2.75, 3.05) is 13.4 Å². The van der Waals surface area contributed by atoms with Gasteiger partial charge in [-0.2, -0.15) is 0 Å². The van der Waals surface area contributed by atoms with Crippen LogP contribution in [0.15, 0.2) is 47.5 Å². The van der Waals surface area contributed by atoms with Gasteiger partial charge in [0.25, 0.3) is 5.91 Å². The van der Waals surface area contributed by atoms with E-state index in [1.807, 2.05) is 36.6 Å². The highest BCUT2D eigenvalue weighted by Gasteiger charge is 2.36. The van der Waals surface area contributed by atoms with E-state index in [4.69, 9.17) is 4.74 Å².